The second-order valence-corrected chi connectivity index (χ2v) is 9.05. The van der Waals surface area contributed by atoms with E-state index in [0.717, 1.165) is 25.9 Å². The summed E-state index contributed by atoms with van der Waals surface area (Å²) in [6, 6.07) is 4.46. The van der Waals surface area contributed by atoms with Gasteiger partial charge in [-0.2, -0.15) is 0 Å². The third-order valence-electron chi connectivity index (χ3n) is 5.00. The Labute approximate surface area is 172 Å². The third-order valence-corrected chi connectivity index (χ3v) is 6.91. The fourth-order valence-electron chi connectivity index (χ4n) is 3.25. The van der Waals surface area contributed by atoms with Gasteiger partial charge in [0.2, 0.25) is 10.0 Å². The van der Waals surface area contributed by atoms with Crippen molar-refractivity contribution in [3.05, 3.63) is 28.8 Å². The minimum atomic E-state index is -3.84. The molecule has 0 bridgehead atoms. The highest BCUT2D eigenvalue weighted by molar-refractivity contribution is 7.89. The highest BCUT2D eigenvalue weighted by Gasteiger charge is 2.23. The first-order chi connectivity index (χ1) is 13.3. The topological polar surface area (TPSA) is 87.7 Å². The maximum Gasteiger partial charge on any atom is 0.251 e. The Bertz CT molecular complexity index is 762. The Morgan fingerprint density at radius 3 is 2.68 bits per heavy atom. The van der Waals surface area contributed by atoms with E-state index in [2.05, 4.69) is 28.8 Å². The van der Waals surface area contributed by atoms with E-state index >= 15 is 0 Å². The zero-order valence-electron chi connectivity index (χ0n) is 16.7. The van der Waals surface area contributed by atoms with Crippen molar-refractivity contribution in [3.8, 4) is 0 Å². The van der Waals surface area contributed by atoms with Crippen molar-refractivity contribution in [2.75, 3.05) is 32.8 Å². The SMILES string of the molecule is CCN(CC)C(C)CNC(=O)c1ccc(Cl)c(S(=O)(=O)NCC2CCCO2)c1. The summed E-state index contributed by atoms with van der Waals surface area (Å²) in [5.41, 5.74) is 0.258. The number of amides is 1. The van der Waals surface area contributed by atoms with Crippen LogP contribution in [0, 0.1) is 0 Å². The van der Waals surface area contributed by atoms with Crippen LogP contribution in [0.3, 0.4) is 0 Å². The molecule has 158 valence electrons. The number of sulfonamides is 1. The number of likely N-dealkylation sites (N-methyl/N-ethyl adjacent to an activating group) is 1. The fourth-order valence-corrected chi connectivity index (χ4v) is 4.84. The number of nitrogens with zero attached hydrogens (tertiary/aromatic N) is 1. The summed E-state index contributed by atoms with van der Waals surface area (Å²) < 4.78 is 33.2. The molecule has 0 aliphatic carbocycles. The lowest BCUT2D eigenvalue weighted by atomic mass is 10.2. The van der Waals surface area contributed by atoms with Gasteiger partial charge in [-0.25, -0.2) is 13.1 Å². The van der Waals surface area contributed by atoms with Crippen LogP contribution < -0.4 is 10.0 Å². The van der Waals surface area contributed by atoms with E-state index in [1.165, 1.54) is 18.2 Å². The number of rotatable bonds is 10. The van der Waals surface area contributed by atoms with E-state index < -0.39 is 10.0 Å². The number of ether oxygens (including phenoxy) is 1. The molecule has 0 saturated carbocycles. The first-order valence-electron chi connectivity index (χ1n) is 9.71. The van der Waals surface area contributed by atoms with Gasteiger partial charge in [0, 0.05) is 31.3 Å². The van der Waals surface area contributed by atoms with Crippen LogP contribution in [0.25, 0.3) is 0 Å². The molecule has 28 heavy (non-hydrogen) atoms. The van der Waals surface area contributed by atoms with Crippen LogP contribution >= 0.6 is 11.6 Å². The smallest absolute Gasteiger partial charge is 0.251 e. The van der Waals surface area contributed by atoms with E-state index in [0.29, 0.717) is 13.2 Å². The van der Waals surface area contributed by atoms with Crippen LogP contribution in [0.5, 0.6) is 0 Å². The van der Waals surface area contributed by atoms with Gasteiger partial charge in [-0.1, -0.05) is 25.4 Å². The first-order valence-corrected chi connectivity index (χ1v) is 11.6. The summed E-state index contributed by atoms with van der Waals surface area (Å²) in [5, 5.41) is 2.94. The number of benzene rings is 1. The molecule has 1 aromatic rings. The van der Waals surface area contributed by atoms with Crippen LogP contribution in [-0.4, -0.2) is 64.2 Å². The molecule has 0 radical (unpaired) electrons. The summed E-state index contributed by atoms with van der Waals surface area (Å²) in [7, 11) is -3.84. The van der Waals surface area contributed by atoms with Gasteiger partial charge < -0.3 is 10.1 Å². The highest BCUT2D eigenvalue weighted by atomic mass is 35.5. The third kappa shape index (κ3) is 6.15. The number of halogens is 1. The predicted octanol–water partition coefficient (Wildman–Crippen LogP) is 2.26. The van der Waals surface area contributed by atoms with Gasteiger partial charge >= 0.3 is 0 Å². The zero-order chi connectivity index (χ0) is 20.7. The Hall–Kier alpha value is -1.19. The summed E-state index contributed by atoms with van der Waals surface area (Å²) in [6.45, 7) is 9.29. The molecular formula is C19H30ClN3O4S. The number of carbonyl (C=O) groups is 1. The molecule has 1 saturated heterocycles. The molecule has 2 N–H and O–H groups in total. The van der Waals surface area contributed by atoms with Gasteiger partial charge in [0.15, 0.2) is 0 Å². The first kappa shape index (κ1) is 23.1. The summed E-state index contributed by atoms with van der Waals surface area (Å²) in [5.74, 6) is -0.328. The maximum absolute atomic E-state index is 12.6. The molecule has 0 spiro atoms. The van der Waals surface area contributed by atoms with Crippen molar-refractivity contribution >= 4 is 27.5 Å². The molecule has 1 amide bonds. The molecule has 7 nitrogen and oxygen atoms in total. The lowest BCUT2D eigenvalue weighted by molar-refractivity contribution is 0.0937. The van der Waals surface area contributed by atoms with Gasteiger partial charge in [-0.15, -0.1) is 0 Å². The van der Waals surface area contributed by atoms with Crippen LogP contribution in [-0.2, 0) is 14.8 Å². The van der Waals surface area contributed by atoms with E-state index in [9.17, 15) is 13.2 Å². The van der Waals surface area contributed by atoms with E-state index in [1.54, 1.807) is 0 Å². The fraction of sp³-hybridized carbons (Fsp3) is 0.632. The van der Waals surface area contributed by atoms with E-state index in [1.807, 2.05) is 6.92 Å². The van der Waals surface area contributed by atoms with Crippen LogP contribution in [0.4, 0.5) is 0 Å². The number of hydrogen-bond acceptors (Lipinski definition) is 5. The Morgan fingerprint density at radius 1 is 1.36 bits per heavy atom. The molecule has 1 aromatic carbocycles. The average Bonchev–Trinajstić information content (AvgIpc) is 3.19. The van der Waals surface area contributed by atoms with Crippen LogP contribution in [0.15, 0.2) is 23.1 Å². The van der Waals surface area contributed by atoms with Crippen molar-refractivity contribution in [2.24, 2.45) is 0 Å². The number of hydrogen-bond donors (Lipinski definition) is 2. The Morgan fingerprint density at radius 2 is 2.07 bits per heavy atom. The monoisotopic (exact) mass is 431 g/mol. The van der Waals surface area contributed by atoms with Crippen molar-refractivity contribution in [2.45, 2.75) is 50.7 Å². The standard InChI is InChI=1S/C19H30ClN3O4S/c1-4-23(5-2)14(3)12-21-19(24)15-8-9-17(20)18(11-15)28(25,26)22-13-16-7-6-10-27-16/h8-9,11,14,16,22H,4-7,10,12-13H2,1-3H3,(H,21,24). The maximum atomic E-state index is 12.6. The van der Waals surface area contributed by atoms with Gasteiger partial charge in [0.05, 0.1) is 11.1 Å². The molecule has 0 aromatic heterocycles. The summed E-state index contributed by atoms with van der Waals surface area (Å²) in [4.78, 5) is 14.6. The number of carbonyl (C=O) groups excluding carboxylic acids is 1. The van der Waals surface area contributed by atoms with Gasteiger partial charge in [-0.3, -0.25) is 9.69 Å². The lowest BCUT2D eigenvalue weighted by Crippen LogP contribution is -2.42. The van der Waals surface area contributed by atoms with Crippen LogP contribution in [0.1, 0.15) is 44.0 Å². The normalized spacial score (nSPS) is 18.4. The molecule has 2 unspecified atom stereocenters. The minimum absolute atomic E-state index is 0.0768. The zero-order valence-corrected chi connectivity index (χ0v) is 18.3. The summed E-state index contributed by atoms with van der Waals surface area (Å²) in [6.07, 6.45) is 1.62. The molecule has 1 fully saturated rings. The van der Waals surface area contributed by atoms with Crippen molar-refractivity contribution in [3.63, 3.8) is 0 Å². The summed E-state index contributed by atoms with van der Waals surface area (Å²) >= 11 is 6.10. The van der Waals surface area contributed by atoms with Gasteiger partial charge in [-0.05, 0) is 51.1 Å². The van der Waals surface area contributed by atoms with Crippen molar-refractivity contribution < 1.29 is 17.9 Å². The molecular weight excluding hydrogens is 402 g/mol. The predicted molar refractivity (Wildman–Crippen MR) is 110 cm³/mol. The molecule has 1 aliphatic heterocycles. The second-order valence-electron chi connectivity index (χ2n) is 6.91. The Kier molecular flexibility index (Phi) is 8.70. The molecule has 1 aliphatic rings. The van der Waals surface area contributed by atoms with Gasteiger partial charge in [0.25, 0.3) is 5.91 Å². The molecule has 2 atom stereocenters. The van der Waals surface area contributed by atoms with E-state index in [-0.39, 0.29) is 40.1 Å². The Balaban J connectivity index is 2.05. The van der Waals surface area contributed by atoms with E-state index in [4.69, 9.17) is 16.3 Å². The highest BCUT2D eigenvalue weighted by Crippen LogP contribution is 2.23. The quantitative estimate of drug-likeness (QED) is 0.593. The number of nitrogens with one attached hydrogen (secondary N) is 2. The second kappa shape index (κ2) is 10.5. The average molecular weight is 432 g/mol. The molecule has 1 heterocycles. The minimum Gasteiger partial charge on any atom is -0.377 e. The van der Waals surface area contributed by atoms with Crippen LogP contribution in [0.2, 0.25) is 5.02 Å². The van der Waals surface area contributed by atoms with Gasteiger partial charge in [0.1, 0.15) is 4.90 Å². The molecule has 2 rings (SSSR count). The largest absolute Gasteiger partial charge is 0.377 e. The van der Waals surface area contributed by atoms with Crippen molar-refractivity contribution in [1.82, 2.24) is 14.9 Å². The lowest BCUT2D eigenvalue weighted by Gasteiger charge is -2.26. The molecule has 9 heteroatoms. The van der Waals surface area contributed by atoms with Crippen molar-refractivity contribution in [1.29, 1.82) is 0 Å².